The Morgan fingerprint density at radius 1 is 1.00 bits per heavy atom. The van der Waals surface area contributed by atoms with Gasteiger partial charge in [-0.05, 0) is 48.5 Å². The topological polar surface area (TPSA) is 83.8 Å². The van der Waals surface area contributed by atoms with E-state index in [0.29, 0.717) is 24.3 Å². The van der Waals surface area contributed by atoms with Gasteiger partial charge in [0.05, 0.1) is 11.8 Å². The first-order valence-corrected chi connectivity index (χ1v) is 11.1. The fraction of sp³-hybridized carbons (Fsp3) is 0.286. The lowest BCUT2D eigenvalue weighted by Gasteiger charge is -2.20. The van der Waals surface area contributed by atoms with Gasteiger partial charge in [0.25, 0.3) is 0 Å². The molecule has 7 nitrogen and oxygen atoms in total. The predicted octanol–water partition coefficient (Wildman–Crippen LogP) is 4.28. The predicted molar refractivity (Wildman–Crippen MR) is 110 cm³/mol. The van der Waals surface area contributed by atoms with Crippen LogP contribution >= 0.6 is 0 Å². The zero-order valence-corrected chi connectivity index (χ0v) is 17.3. The Morgan fingerprint density at radius 2 is 1.66 bits per heavy atom. The number of hydrogen-bond donors (Lipinski definition) is 0. The van der Waals surface area contributed by atoms with Gasteiger partial charge in [0.15, 0.2) is 6.23 Å². The number of esters is 1. The van der Waals surface area contributed by atoms with Crippen LogP contribution in [-0.2, 0) is 14.9 Å². The third kappa shape index (κ3) is 5.29. The summed E-state index contributed by atoms with van der Waals surface area (Å²) in [6.07, 6.45) is 3.66. The van der Waals surface area contributed by atoms with Crippen LogP contribution in [0.2, 0.25) is 0 Å². The zero-order valence-electron chi connectivity index (χ0n) is 16.5. The Hall–Kier alpha value is -3.00. The van der Waals surface area contributed by atoms with Gasteiger partial charge in [0.1, 0.15) is 17.2 Å². The van der Waals surface area contributed by atoms with Crippen LogP contribution in [-0.4, -0.2) is 25.2 Å². The maximum atomic E-state index is 11.4. The highest BCUT2D eigenvalue weighted by molar-refractivity contribution is 7.86. The van der Waals surface area contributed by atoms with Crippen LogP contribution in [0.4, 0.5) is 0 Å². The summed E-state index contributed by atoms with van der Waals surface area (Å²) in [6, 6.07) is 13.9. The smallest absolute Gasteiger partial charge is 0.310 e. The Bertz CT molecular complexity index is 1100. The fourth-order valence-corrected chi connectivity index (χ4v) is 3.36. The van der Waals surface area contributed by atoms with Gasteiger partial charge in [-0.25, -0.2) is 0 Å². The SMILES string of the molecule is CCC(=O)Oc1ccc(OC(CC)n2ccc3cc(OS(C)(=O)=O)ccc32)cc1. The van der Waals surface area contributed by atoms with Crippen LogP contribution in [0.25, 0.3) is 10.9 Å². The summed E-state index contributed by atoms with van der Waals surface area (Å²) >= 11 is 0. The van der Waals surface area contributed by atoms with Gasteiger partial charge in [-0.2, -0.15) is 8.42 Å². The van der Waals surface area contributed by atoms with Crippen molar-refractivity contribution < 1.29 is 26.9 Å². The molecule has 0 aliphatic heterocycles. The van der Waals surface area contributed by atoms with Gasteiger partial charge in [0.2, 0.25) is 0 Å². The second kappa shape index (κ2) is 8.57. The molecule has 1 atom stereocenters. The Labute approximate surface area is 169 Å². The van der Waals surface area contributed by atoms with E-state index in [1.54, 1.807) is 49.4 Å². The van der Waals surface area contributed by atoms with Crippen LogP contribution in [0.5, 0.6) is 17.2 Å². The van der Waals surface area contributed by atoms with Crippen molar-refractivity contribution in [3.63, 3.8) is 0 Å². The quantitative estimate of drug-likeness (QED) is 0.309. The molecule has 3 rings (SSSR count). The molecular weight excluding hydrogens is 394 g/mol. The Balaban J connectivity index is 1.79. The summed E-state index contributed by atoms with van der Waals surface area (Å²) in [4.78, 5) is 11.4. The van der Waals surface area contributed by atoms with E-state index in [4.69, 9.17) is 13.7 Å². The molecule has 0 saturated carbocycles. The van der Waals surface area contributed by atoms with Crippen molar-refractivity contribution in [2.45, 2.75) is 32.9 Å². The van der Waals surface area contributed by atoms with Gasteiger partial charge < -0.3 is 18.2 Å². The van der Waals surface area contributed by atoms with Crippen LogP contribution < -0.4 is 13.7 Å². The molecule has 0 radical (unpaired) electrons. The van der Waals surface area contributed by atoms with Crippen LogP contribution in [0.1, 0.15) is 32.9 Å². The summed E-state index contributed by atoms with van der Waals surface area (Å²) in [5.41, 5.74) is 0.895. The number of benzene rings is 2. The first kappa shape index (κ1) is 20.7. The molecule has 0 saturated heterocycles. The molecule has 154 valence electrons. The molecular formula is C21H23NO6S. The molecule has 1 aromatic heterocycles. The molecule has 3 aromatic rings. The molecule has 29 heavy (non-hydrogen) atoms. The molecule has 1 heterocycles. The lowest BCUT2D eigenvalue weighted by Crippen LogP contribution is -2.14. The first-order chi connectivity index (χ1) is 13.8. The maximum Gasteiger partial charge on any atom is 0.310 e. The number of fused-ring (bicyclic) bond motifs is 1. The summed E-state index contributed by atoms with van der Waals surface area (Å²) in [7, 11) is -3.58. The van der Waals surface area contributed by atoms with Crippen molar-refractivity contribution in [2.75, 3.05) is 6.26 Å². The van der Waals surface area contributed by atoms with Gasteiger partial charge in [-0.1, -0.05) is 13.8 Å². The number of rotatable bonds is 8. The van der Waals surface area contributed by atoms with Crippen molar-refractivity contribution in [1.82, 2.24) is 4.57 Å². The van der Waals surface area contributed by atoms with Crippen molar-refractivity contribution in [2.24, 2.45) is 0 Å². The molecule has 0 N–H and O–H groups in total. The van der Waals surface area contributed by atoms with E-state index in [-0.39, 0.29) is 17.9 Å². The summed E-state index contributed by atoms with van der Waals surface area (Å²) < 4.78 is 40.9. The van der Waals surface area contributed by atoms with Gasteiger partial charge in [-0.15, -0.1) is 0 Å². The van der Waals surface area contributed by atoms with Crippen LogP contribution in [0.3, 0.4) is 0 Å². The van der Waals surface area contributed by atoms with E-state index in [9.17, 15) is 13.2 Å². The summed E-state index contributed by atoms with van der Waals surface area (Å²) in [5, 5.41) is 0.843. The Morgan fingerprint density at radius 3 is 2.28 bits per heavy atom. The van der Waals surface area contributed by atoms with E-state index in [0.717, 1.165) is 17.2 Å². The van der Waals surface area contributed by atoms with E-state index in [2.05, 4.69) is 0 Å². The number of nitrogens with zero attached hydrogens (tertiary/aromatic N) is 1. The van der Waals surface area contributed by atoms with Crippen LogP contribution in [0, 0.1) is 0 Å². The number of aromatic nitrogens is 1. The van der Waals surface area contributed by atoms with Gasteiger partial charge in [0, 0.05) is 24.4 Å². The number of carbonyl (C=O) groups is 1. The van der Waals surface area contributed by atoms with E-state index < -0.39 is 10.1 Å². The fourth-order valence-electron chi connectivity index (χ4n) is 2.90. The molecule has 0 aliphatic rings. The minimum atomic E-state index is -3.58. The van der Waals surface area contributed by atoms with E-state index in [1.165, 1.54) is 0 Å². The highest BCUT2D eigenvalue weighted by atomic mass is 32.2. The third-order valence-corrected chi connectivity index (χ3v) is 4.71. The second-order valence-electron chi connectivity index (χ2n) is 6.51. The lowest BCUT2D eigenvalue weighted by atomic mass is 10.2. The van der Waals surface area contributed by atoms with E-state index in [1.807, 2.05) is 23.8 Å². The summed E-state index contributed by atoms with van der Waals surface area (Å²) in [6.45, 7) is 3.75. The minimum absolute atomic E-state index is 0.266. The number of hydrogen-bond acceptors (Lipinski definition) is 6. The maximum absolute atomic E-state index is 11.4. The molecule has 8 heteroatoms. The normalized spacial score (nSPS) is 12.5. The summed E-state index contributed by atoms with van der Waals surface area (Å²) in [5.74, 6) is 1.10. The van der Waals surface area contributed by atoms with Crippen molar-refractivity contribution in [3.05, 3.63) is 54.7 Å². The van der Waals surface area contributed by atoms with Gasteiger partial charge in [-0.3, -0.25) is 4.79 Å². The first-order valence-electron chi connectivity index (χ1n) is 9.26. The molecule has 0 fully saturated rings. The van der Waals surface area contributed by atoms with Crippen molar-refractivity contribution in [1.29, 1.82) is 0 Å². The molecule has 0 amide bonds. The second-order valence-corrected chi connectivity index (χ2v) is 8.09. The molecule has 0 aliphatic carbocycles. The standard InChI is InChI=1S/C21H23NO6S/c1-4-20(26-16-6-8-17(9-7-16)27-21(23)5-2)22-13-12-15-14-18(10-11-19(15)22)28-29(3,24)25/h6-14,20H,4-5H2,1-3H3. The number of ether oxygens (including phenoxy) is 2. The molecule has 1 unspecified atom stereocenters. The largest absolute Gasteiger partial charge is 0.470 e. The average Bonchev–Trinajstić information content (AvgIpc) is 3.09. The Kier molecular flexibility index (Phi) is 6.12. The van der Waals surface area contributed by atoms with Crippen LogP contribution in [0.15, 0.2) is 54.7 Å². The zero-order chi connectivity index (χ0) is 21.0. The van der Waals surface area contributed by atoms with Gasteiger partial charge >= 0.3 is 16.1 Å². The highest BCUT2D eigenvalue weighted by Gasteiger charge is 2.15. The minimum Gasteiger partial charge on any atom is -0.470 e. The third-order valence-electron chi connectivity index (χ3n) is 4.22. The highest BCUT2D eigenvalue weighted by Crippen LogP contribution is 2.29. The molecule has 0 bridgehead atoms. The molecule has 0 spiro atoms. The number of carbonyl (C=O) groups excluding carboxylic acids is 1. The lowest BCUT2D eigenvalue weighted by molar-refractivity contribution is -0.134. The van der Waals surface area contributed by atoms with Crippen molar-refractivity contribution in [3.8, 4) is 17.2 Å². The van der Waals surface area contributed by atoms with E-state index >= 15 is 0 Å². The van der Waals surface area contributed by atoms with Crippen molar-refractivity contribution >= 4 is 27.0 Å². The monoisotopic (exact) mass is 417 g/mol. The average molecular weight is 417 g/mol. The molecule has 2 aromatic carbocycles.